The Morgan fingerprint density at radius 2 is 2.35 bits per heavy atom. The SMILES string of the molecule is CCN(CC1CCCO1)C(=O)c1ccc(OC)cc1N. The first kappa shape index (κ1) is 14.7. The number of amides is 1. The van der Waals surface area contributed by atoms with Crippen LogP contribution < -0.4 is 10.5 Å². The molecule has 1 fully saturated rings. The minimum Gasteiger partial charge on any atom is -0.497 e. The summed E-state index contributed by atoms with van der Waals surface area (Å²) in [5.41, 5.74) is 6.90. The van der Waals surface area contributed by atoms with E-state index in [0.717, 1.165) is 19.4 Å². The van der Waals surface area contributed by atoms with Gasteiger partial charge in [-0.25, -0.2) is 0 Å². The van der Waals surface area contributed by atoms with Crippen LogP contribution in [0.1, 0.15) is 30.1 Å². The van der Waals surface area contributed by atoms with Gasteiger partial charge in [-0.05, 0) is 31.9 Å². The topological polar surface area (TPSA) is 64.8 Å². The van der Waals surface area contributed by atoms with E-state index >= 15 is 0 Å². The van der Waals surface area contributed by atoms with Crippen LogP contribution in [-0.2, 0) is 4.74 Å². The number of hydrogen-bond acceptors (Lipinski definition) is 4. The Morgan fingerprint density at radius 1 is 1.55 bits per heavy atom. The zero-order valence-corrected chi connectivity index (χ0v) is 12.1. The van der Waals surface area contributed by atoms with E-state index in [4.69, 9.17) is 15.2 Å². The summed E-state index contributed by atoms with van der Waals surface area (Å²) in [7, 11) is 1.58. The highest BCUT2D eigenvalue weighted by atomic mass is 16.5. The molecule has 0 radical (unpaired) electrons. The second kappa shape index (κ2) is 6.61. The van der Waals surface area contributed by atoms with Gasteiger partial charge in [-0.1, -0.05) is 0 Å². The highest BCUT2D eigenvalue weighted by Gasteiger charge is 2.23. The molecule has 1 unspecified atom stereocenters. The van der Waals surface area contributed by atoms with Crippen LogP contribution in [0.25, 0.3) is 0 Å². The van der Waals surface area contributed by atoms with Gasteiger partial charge in [0.05, 0.1) is 18.8 Å². The van der Waals surface area contributed by atoms with E-state index in [2.05, 4.69) is 0 Å². The summed E-state index contributed by atoms with van der Waals surface area (Å²) >= 11 is 0. The van der Waals surface area contributed by atoms with Crippen molar-refractivity contribution in [2.24, 2.45) is 0 Å². The molecule has 1 atom stereocenters. The summed E-state index contributed by atoms with van der Waals surface area (Å²) in [6.45, 7) is 4.03. The number of nitrogens with two attached hydrogens (primary N) is 1. The van der Waals surface area contributed by atoms with Crippen molar-refractivity contribution < 1.29 is 14.3 Å². The second-order valence-corrected chi connectivity index (χ2v) is 4.93. The normalized spacial score (nSPS) is 18.0. The smallest absolute Gasteiger partial charge is 0.256 e. The van der Waals surface area contributed by atoms with Crippen LogP contribution in [-0.4, -0.2) is 43.7 Å². The van der Waals surface area contributed by atoms with E-state index in [9.17, 15) is 4.79 Å². The highest BCUT2D eigenvalue weighted by molar-refractivity contribution is 5.99. The predicted molar refractivity (Wildman–Crippen MR) is 78.0 cm³/mol. The summed E-state index contributed by atoms with van der Waals surface area (Å²) in [5, 5.41) is 0. The molecule has 2 rings (SSSR count). The summed E-state index contributed by atoms with van der Waals surface area (Å²) in [4.78, 5) is 14.3. The van der Waals surface area contributed by atoms with Gasteiger partial charge in [-0.3, -0.25) is 4.79 Å². The van der Waals surface area contributed by atoms with E-state index in [-0.39, 0.29) is 12.0 Å². The number of ether oxygens (including phenoxy) is 2. The van der Waals surface area contributed by atoms with Crippen LogP contribution in [0.2, 0.25) is 0 Å². The molecular formula is C15H22N2O3. The zero-order valence-electron chi connectivity index (χ0n) is 12.1. The number of carbonyl (C=O) groups excluding carboxylic acids is 1. The Morgan fingerprint density at radius 3 is 2.90 bits per heavy atom. The molecule has 110 valence electrons. The molecule has 5 heteroatoms. The predicted octanol–water partition coefficient (Wildman–Crippen LogP) is 1.92. The lowest BCUT2D eigenvalue weighted by molar-refractivity contribution is 0.0540. The quantitative estimate of drug-likeness (QED) is 0.836. The number of nitrogens with zero attached hydrogens (tertiary/aromatic N) is 1. The fourth-order valence-electron chi connectivity index (χ4n) is 2.42. The maximum Gasteiger partial charge on any atom is 0.256 e. The Bertz CT molecular complexity index is 470. The maximum absolute atomic E-state index is 12.5. The third-order valence-corrected chi connectivity index (χ3v) is 3.61. The number of nitrogen functional groups attached to an aromatic ring is 1. The lowest BCUT2D eigenvalue weighted by Crippen LogP contribution is -2.37. The molecule has 1 aliphatic heterocycles. The van der Waals surface area contributed by atoms with Crippen LogP contribution >= 0.6 is 0 Å². The van der Waals surface area contributed by atoms with Gasteiger partial charge < -0.3 is 20.1 Å². The van der Waals surface area contributed by atoms with Gasteiger partial charge in [0.2, 0.25) is 0 Å². The number of benzene rings is 1. The van der Waals surface area contributed by atoms with Crippen molar-refractivity contribution in [2.45, 2.75) is 25.9 Å². The first-order valence-corrected chi connectivity index (χ1v) is 7.00. The third kappa shape index (κ3) is 3.22. The monoisotopic (exact) mass is 278 g/mol. The molecule has 0 spiro atoms. The van der Waals surface area contributed by atoms with Crippen molar-refractivity contribution in [3.63, 3.8) is 0 Å². The van der Waals surface area contributed by atoms with Gasteiger partial charge in [-0.2, -0.15) is 0 Å². The number of carbonyl (C=O) groups is 1. The average Bonchev–Trinajstić information content (AvgIpc) is 2.96. The minimum absolute atomic E-state index is 0.0526. The van der Waals surface area contributed by atoms with Crippen LogP contribution in [0.5, 0.6) is 5.75 Å². The van der Waals surface area contributed by atoms with Crippen molar-refractivity contribution in [3.8, 4) is 5.75 Å². The molecule has 5 nitrogen and oxygen atoms in total. The Kier molecular flexibility index (Phi) is 4.84. The first-order chi connectivity index (χ1) is 9.65. The molecule has 0 saturated carbocycles. The van der Waals surface area contributed by atoms with Crippen LogP contribution in [0.15, 0.2) is 18.2 Å². The number of likely N-dealkylation sites (N-methyl/N-ethyl adjacent to an activating group) is 1. The van der Waals surface area contributed by atoms with Gasteiger partial charge in [-0.15, -0.1) is 0 Å². The van der Waals surface area contributed by atoms with Crippen molar-refractivity contribution in [1.29, 1.82) is 0 Å². The molecule has 2 N–H and O–H groups in total. The summed E-state index contributed by atoms with van der Waals surface area (Å²) < 4.78 is 10.7. The van der Waals surface area contributed by atoms with E-state index in [1.54, 1.807) is 30.2 Å². The fraction of sp³-hybridized carbons (Fsp3) is 0.533. The van der Waals surface area contributed by atoms with Gasteiger partial charge >= 0.3 is 0 Å². The molecule has 1 aromatic carbocycles. The average molecular weight is 278 g/mol. The molecule has 1 heterocycles. The van der Waals surface area contributed by atoms with Crippen molar-refractivity contribution in [2.75, 3.05) is 32.5 Å². The number of rotatable bonds is 5. The fourth-order valence-corrected chi connectivity index (χ4v) is 2.42. The van der Waals surface area contributed by atoms with Gasteiger partial charge in [0.15, 0.2) is 0 Å². The van der Waals surface area contributed by atoms with Crippen LogP contribution in [0.3, 0.4) is 0 Å². The first-order valence-electron chi connectivity index (χ1n) is 7.00. The van der Waals surface area contributed by atoms with E-state index in [1.165, 1.54) is 0 Å². The summed E-state index contributed by atoms with van der Waals surface area (Å²) in [6.07, 6.45) is 2.24. The van der Waals surface area contributed by atoms with Gasteiger partial charge in [0, 0.05) is 31.5 Å². The molecule has 0 bridgehead atoms. The van der Waals surface area contributed by atoms with Crippen molar-refractivity contribution in [3.05, 3.63) is 23.8 Å². The lowest BCUT2D eigenvalue weighted by atomic mass is 10.1. The van der Waals surface area contributed by atoms with Crippen molar-refractivity contribution >= 4 is 11.6 Å². The summed E-state index contributed by atoms with van der Waals surface area (Å²) in [5.74, 6) is 0.601. The molecule has 0 aliphatic carbocycles. The molecule has 20 heavy (non-hydrogen) atoms. The zero-order chi connectivity index (χ0) is 14.5. The Labute approximate surface area is 119 Å². The third-order valence-electron chi connectivity index (χ3n) is 3.61. The molecule has 0 aromatic heterocycles. The molecular weight excluding hydrogens is 256 g/mol. The Balaban J connectivity index is 2.11. The lowest BCUT2D eigenvalue weighted by Gasteiger charge is -2.24. The maximum atomic E-state index is 12.5. The number of hydrogen-bond donors (Lipinski definition) is 1. The molecule has 1 aromatic rings. The molecule has 1 aliphatic rings. The molecule has 1 amide bonds. The Hall–Kier alpha value is -1.75. The highest BCUT2D eigenvalue weighted by Crippen LogP contribution is 2.22. The summed E-state index contributed by atoms with van der Waals surface area (Å²) in [6, 6.07) is 5.14. The van der Waals surface area contributed by atoms with Crippen molar-refractivity contribution in [1.82, 2.24) is 4.90 Å². The molecule has 1 saturated heterocycles. The van der Waals surface area contributed by atoms with E-state index in [1.807, 2.05) is 6.92 Å². The number of methoxy groups -OCH3 is 1. The van der Waals surface area contributed by atoms with Crippen LogP contribution in [0, 0.1) is 0 Å². The number of anilines is 1. The van der Waals surface area contributed by atoms with E-state index in [0.29, 0.717) is 30.1 Å². The van der Waals surface area contributed by atoms with Gasteiger partial charge in [0.1, 0.15) is 5.75 Å². The van der Waals surface area contributed by atoms with Gasteiger partial charge in [0.25, 0.3) is 5.91 Å². The second-order valence-electron chi connectivity index (χ2n) is 4.93. The largest absolute Gasteiger partial charge is 0.497 e. The van der Waals surface area contributed by atoms with E-state index < -0.39 is 0 Å². The standard InChI is InChI=1S/C15H22N2O3/c1-3-17(10-12-5-4-8-20-12)15(18)13-7-6-11(19-2)9-14(13)16/h6-7,9,12H,3-5,8,10,16H2,1-2H3. The minimum atomic E-state index is -0.0526. The van der Waals surface area contributed by atoms with Crippen LogP contribution in [0.4, 0.5) is 5.69 Å².